The number of rotatable bonds is 6. The van der Waals surface area contributed by atoms with E-state index in [9.17, 15) is 9.90 Å². The zero-order valence-corrected chi connectivity index (χ0v) is 16.5. The maximum atomic E-state index is 12.3. The summed E-state index contributed by atoms with van der Waals surface area (Å²) < 4.78 is 7.38. The summed E-state index contributed by atoms with van der Waals surface area (Å²) in [5.41, 5.74) is 7.36. The minimum absolute atomic E-state index is 0.0657. The molecule has 0 atom stereocenters. The number of aromatic hydroxyl groups is 1. The molecular weight excluding hydrogens is 366 g/mol. The fourth-order valence-corrected chi connectivity index (χ4v) is 4.06. The molecule has 4 rings (SSSR count). The lowest BCUT2D eigenvalue weighted by atomic mass is 9.95. The molecule has 0 aliphatic heterocycles. The summed E-state index contributed by atoms with van der Waals surface area (Å²) >= 11 is 0. The van der Waals surface area contributed by atoms with Crippen LogP contribution in [0.5, 0.6) is 11.5 Å². The molecule has 6 heteroatoms. The standard InChI is InChI=1S/C23H25N3O3/c1-29-22-14-16(10-11-21(22)27)15-24-25-23(28)12-13-26-19-8-4-2-6-17(19)18-7-3-5-9-20(18)26/h2,4,6,8,10-11,14-15,27H,3,5,7,9,12-13H2,1H3,(H,25,28)/b24-15-. The molecule has 2 aromatic carbocycles. The minimum atomic E-state index is -0.130. The Morgan fingerprint density at radius 3 is 2.93 bits per heavy atom. The van der Waals surface area contributed by atoms with Gasteiger partial charge in [-0.05, 0) is 61.1 Å². The summed E-state index contributed by atoms with van der Waals surface area (Å²) in [6, 6.07) is 13.4. The van der Waals surface area contributed by atoms with E-state index < -0.39 is 0 Å². The number of ether oxygens (including phenoxy) is 1. The number of methoxy groups -OCH3 is 1. The molecule has 0 saturated carbocycles. The van der Waals surface area contributed by atoms with E-state index in [1.807, 2.05) is 0 Å². The number of phenols is 1. The quantitative estimate of drug-likeness (QED) is 0.496. The van der Waals surface area contributed by atoms with E-state index in [0.717, 1.165) is 18.4 Å². The van der Waals surface area contributed by atoms with Crippen LogP contribution in [0.3, 0.4) is 0 Å². The van der Waals surface area contributed by atoms with Gasteiger partial charge in [0.25, 0.3) is 0 Å². The maximum absolute atomic E-state index is 12.3. The lowest BCUT2D eigenvalue weighted by Gasteiger charge is -2.15. The summed E-state index contributed by atoms with van der Waals surface area (Å²) in [5, 5.41) is 15.0. The van der Waals surface area contributed by atoms with Gasteiger partial charge in [0.1, 0.15) is 0 Å². The molecule has 1 aliphatic carbocycles. The molecule has 6 nitrogen and oxygen atoms in total. The number of para-hydroxylation sites is 1. The normalized spacial score (nSPS) is 13.6. The lowest BCUT2D eigenvalue weighted by molar-refractivity contribution is -0.121. The highest BCUT2D eigenvalue weighted by Crippen LogP contribution is 2.32. The highest BCUT2D eigenvalue weighted by molar-refractivity contribution is 5.86. The number of amides is 1. The number of hydrogen-bond donors (Lipinski definition) is 2. The highest BCUT2D eigenvalue weighted by atomic mass is 16.5. The number of aromatic nitrogens is 1. The Morgan fingerprint density at radius 2 is 2.07 bits per heavy atom. The first-order valence-electron chi connectivity index (χ1n) is 9.95. The summed E-state index contributed by atoms with van der Waals surface area (Å²) in [6.07, 6.45) is 6.53. The Labute approximate surface area is 169 Å². The first-order chi connectivity index (χ1) is 14.2. The van der Waals surface area contributed by atoms with E-state index in [-0.39, 0.29) is 11.7 Å². The SMILES string of the molecule is COc1cc(/C=N\NC(=O)CCn2c3c(c4ccccc42)CCCC3)ccc1O. The molecule has 2 N–H and O–H groups in total. The molecule has 3 aromatic rings. The first-order valence-corrected chi connectivity index (χ1v) is 9.95. The van der Waals surface area contributed by atoms with Crippen LogP contribution < -0.4 is 10.2 Å². The number of carbonyl (C=O) groups excluding carboxylic acids is 1. The highest BCUT2D eigenvalue weighted by Gasteiger charge is 2.19. The van der Waals surface area contributed by atoms with Crippen molar-refractivity contribution in [2.75, 3.05) is 7.11 Å². The van der Waals surface area contributed by atoms with Gasteiger partial charge in [-0.2, -0.15) is 5.10 Å². The number of benzene rings is 2. The second kappa shape index (κ2) is 8.39. The Kier molecular flexibility index (Phi) is 5.51. The summed E-state index contributed by atoms with van der Waals surface area (Å²) in [4.78, 5) is 12.3. The van der Waals surface area contributed by atoms with Crippen molar-refractivity contribution in [1.82, 2.24) is 9.99 Å². The molecule has 1 heterocycles. The monoisotopic (exact) mass is 391 g/mol. The third-order valence-electron chi connectivity index (χ3n) is 5.45. The van der Waals surface area contributed by atoms with Crippen LogP contribution >= 0.6 is 0 Å². The predicted molar refractivity (Wildman–Crippen MR) is 114 cm³/mol. The molecule has 0 radical (unpaired) electrons. The van der Waals surface area contributed by atoms with Gasteiger partial charge in [0.05, 0.1) is 13.3 Å². The van der Waals surface area contributed by atoms with Gasteiger partial charge in [-0.15, -0.1) is 0 Å². The number of nitrogens with zero attached hydrogens (tertiary/aromatic N) is 2. The van der Waals surface area contributed by atoms with E-state index >= 15 is 0 Å². The molecule has 0 fully saturated rings. The number of fused-ring (bicyclic) bond motifs is 3. The number of carbonyl (C=O) groups is 1. The predicted octanol–water partition coefficient (Wildman–Crippen LogP) is 3.77. The molecule has 0 spiro atoms. The molecule has 29 heavy (non-hydrogen) atoms. The third-order valence-corrected chi connectivity index (χ3v) is 5.45. The zero-order chi connectivity index (χ0) is 20.2. The van der Waals surface area contributed by atoms with E-state index in [4.69, 9.17) is 4.74 Å². The van der Waals surface area contributed by atoms with Gasteiger partial charge in [0.15, 0.2) is 11.5 Å². The first kappa shape index (κ1) is 19.1. The maximum Gasteiger partial charge on any atom is 0.241 e. The van der Waals surface area contributed by atoms with Crippen LogP contribution in [0.25, 0.3) is 10.9 Å². The molecule has 1 aromatic heterocycles. The van der Waals surface area contributed by atoms with Gasteiger partial charge in [-0.3, -0.25) is 4.79 Å². The molecular formula is C23H25N3O3. The Hall–Kier alpha value is -3.28. The Bertz CT molecular complexity index is 1070. The van der Waals surface area contributed by atoms with E-state index in [0.29, 0.717) is 18.7 Å². The largest absolute Gasteiger partial charge is 0.504 e. The average molecular weight is 391 g/mol. The van der Waals surface area contributed by atoms with E-state index in [1.54, 1.807) is 12.1 Å². The van der Waals surface area contributed by atoms with Crippen molar-refractivity contribution in [2.24, 2.45) is 5.10 Å². The van der Waals surface area contributed by atoms with Gasteiger partial charge in [-0.25, -0.2) is 5.43 Å². The zero-order valence-electron chi connectivity index (χ0n) is 16.5. The summed E-state index contributed by atoms with van der Waals surface area (Å²) in [5.74, 6) is 0.301. The number of phenolic OH excluding ortho intramolecular Hbond substituents is 1. The van der Waals surface area contributed by atoms with Crippen LogP contribution in [0.4, 0.5) is 0 Å². The van der Waals surface area contributed by atoms with E-state index in [1.165, 1.54) is 54.4 Å². The van der Waals surface area contributed by atoms with Crippen molar-refractivity contribution in [3.63, 3.8) is 0 Å². The van der Waals surface area contributed by atoms with Crippen LogP contribution in [0.15, 0.2) is 47.6 Å². The number of nitrogens with one attached hydrogen (secondary N) is 1. The second-order valence-corrected chi connectivity index (χ2v) is 7.28. The summed E-state index contributed by atoms with van der Waals surface area (Å²) in [6.45, 7) is 0.643. The number of aryl methyl sites for hydroxylation is 2. The molecule has 1 aliphatic rings. The molecule has 0 unspecified atom stereocenters. The third kappa shape index (κ3) is 3.97. The molecule has 150 valence electrons. The Morgan fingerprint density at radius 1 is 1.24 bits per heavy atom. The smallest absolute Gasteiger partial charge is 0.241 e. The van der Waals surface area contributed by atoms with Crippen LogP contribution in [-0.2, 0) is 24.2 Å². The second-order valence-electron chi connectivity index (χ2n) is 7.28. The topological polar surface area (TPSA) is 75.8 Å². The van der Waals surface area contributed by atoms with Crippen molar-refractivity contribution < 1.29 is 14.6 Å². The minimum Gasteiger partial charge on any atom is -0.504 e. The van der Waals surface area contributed by atoms with Gasteiger partial charge in [0.2, 0.25) is 5.91 Å². The van der Waals surface area contributed by atoms with Crippen LogP contribution in [0.2, 0.25) is 0 Å². The van der Waals surface area contributed by atoms with Crippen molar-refractivity contribution in [1.29, 1.82) is 0 Å². The van der Waals surface area contributed by atoms with Gasteiger partial charge in [-0.1, -0.05) is 18.2 Å². The fraction of sp³-hybridized carbons (Fsp3) is 0.304. The van der Waals surface area contributed by atoms with Gasteiger partial charge in [0, 0.05) is 29.6 Å². The fourth-order valence-electron chi connectivity index (χ4n) is 4.06. The van der Waals surface area contributed by atoms with Crippen LogP contribution in [0, 0.1) is 0 Å². The molecule has 0 saturated heterocycles. The number of hydrogen-bond acceptors (Lipinski definition) is 4. The summed E-state index contributed by atoms with van der Waals surface area (Å²) in [7, 11) is 1.49. The van der Waals surface area contributed by atoms with Gasteiger partial charge >= 0.3 is 0 Å². The van der Waals surface area contributed by atoms with E-state index in [2.05, 4.69) is 39.4 Å². The van der Waals surface area contributed by atoms with Crippen molar-refractivity contribution in [3.8, 4) is 11.5 Å². The molecule has 1 amide bonds. The van der Waals surface area contributed by atoms with Gasteiger partial charge < -0.3 is 14.4 Å². The average Bonchev–Trinajstić information content (AvgIpc) is 3.07. The van der Waals surface area contributed by atoms with Crippen LogP contribution in [-0.4, -0.2) is 28.9 Å². The number of hydrazone groups is 1. The van der Waals surface area contributed by atoms with Crippen LogP contribution in [0.1, 0.15) is 36.1 Å². The Balaban J connectivity index is 1.42. The van der Waals surface area contributed by atoms with Crippen molar-refractivity contribution in [2.45, 2.75) is 38.6 Å². The van der Waals surface area contributed by atoms with Crippen molar-refractivity contribution in [3.05, 3.63) is 59.3 Å². The lowest BCUT2D eigenvalue weighted by Crippen LogP contribution is -2.20. The molecule has 0 bridgehead atoms. The van der Waals surface area contributed by atoms with Crippen molar-refractivity contribution >= 4 is 23.0 Å².